The topological polar surface area (TPSA) is 144 Å². The van der Waals surface area contributed by atoms with Crippen LogP contribution in [0.15, 0.2) is 73.6 Å². The van der Waals surface area contributed by atoms with E-state index >= 15 is 0 Å². The minimum absolute atomic E-state index is 0.200. The maximum absolute atomic E-state index is 9.44. The van der Waals surface area contributed by atoms with Crippen molar-refractivity contribution in [3.63, 3.8) is 0 Å². The van der Waals surface area contributed by atoms with Crippen LogP contribution in [0.4, 0.5) is 0 Å². The Morgan fingerprint density at radius 3 is 1.83 bits per heavy atom. The van der Waals surface area contributed by atoms with Crippen LogP contribution in [-0.4, -0.2) is 49.1 Å². The van der Waals surface area contributed by atoms with Gasteiger partial charge in [0.2, 0.25) is 0 Å². The molecule has 8 aromatic rings. The summed E-state index contributed by atoms with van der Waals surface area (Å²) < 4.78 is 20.5. The van der Waals surface area contributed by atoms with E-state index in [0.717, 1.165) is 117 Å². The lowest BCUT2D eigenvalue weighted by molar-refractivity contribution is 0.177. The Morgan fingerprint density at radius 2 is 1.27 bits per heavy atom. The van der Waals surface area contributed by atoms with Gasteiger partial charge in [0.15, 0.2) is 5.15 Å². The quantitative estimate of drug-likeness (QED) is 0.144. The van der Waals surface area contributed by atoms with Crippen molar-refractivity contribution in [2.45, 2.75) is 71.2 Å². The Kier molecular flexibility index (Phi) is 9.46. The number of aromatic nitrogens is 10. The van der Waals surface area contributed by atoms with Crippen LogP contribution < -0.4 is 9.47 Å². The summed E-state index contributed by atoms with van der Waals surface area (Å²) in [6.07, 6.45) is 15.7. The molecule has 0 bridgehead atoms. The first-order valence-electron chi connectivity index (χ1n) is 19.7. The highest BCUT2D eigenvalue weighted by Crippen LogP contribution is 2.39. The number of ether oxygens (including phenoxy) is 2. The van der Waals surface area contributed by atoms with Gasteiger partial charge in [-0.2, -0.15) is 30.3 Å². The van der Waals surface area contributed by atoms with Gasteiger partial charge < -0.3 is 9.47 Å². The SMILES string of the molecule is Cc1cc2cnn(-c3cnn(C)c3)c2cc1O[C@H]1CCCc2cc(C#[N+]Cn3cc(-n4ncc5cc(C)c(O[C@@H]6CCCc7cc(C#N)c(Cl)nc76)cc54)cn3)c(Cl)nc21. The van der Waals surface area contributed by atoms with E-state index in [0.29, 0.717) is 16.3 Å². The standard InChI is InChI=1S/C44H37Cl2N12O2/c1-25-10-30-18-51-57(33-20-49-55(3)22-33)35(30)14-39(25)60-38-9-5-7-28-13-32(44(46)54-42(28)38)17-48-24-56-23-34(21-50-56)58-36-15-40(26(2)11-31(36)19-52-58)59-37-8-4-6-27-12-29(16-47)43(45)53-41(27)37/h10-15,18-23,37-38H,4-9,24H2,1-3H3/q+1/t37-,38+/m1/s1. The molecule has 6 heterocycles. The van der Waals surface area contributed by atoms with Crippen LogP contribution in [0, 0.1) is 31.2 Å². The third kappa shape index (κ3) is 6.87. The molecule has 60 heavy (non-hydrogen) atoms. The minimum Gasteiger partial charge on any atom is -0.484 e. The molecule has 0 unspecified atom stereocenters. The second-order valence-electron chi connectivity index (χ2n) is 15.3. The highest BCUT2D eigenvalue weighted by Gasteiger charge is 2.28. The number of aryl methyl sites for hydroxylation is 5. The average molecular weight is 837 g/mol. The lowest BCUT2D eigenvalue weighted by Gasteiger charge is -2.26. The van der Waals surface area contributed by atoms with Gasteiger partial charge in [-0.15, -0.1) is 0 Å². The number of nitrogens with zero attached hydrogens (tertiary/aromatic N) is 12. The second kappa shape index (κ2) is 15.1. The summed E-state index contributed by atoms with van der Waals surface area (Å²) in [5.41, 5.74) is 10.1. The molecule has 0 spiro atoms. The van der Waals surface area contributed by atoms with Crippen LogP contribution in [0.5, 0.6) is 11.5 Å². The molecule has 0 fully saturated rings. The zero-order chi connectivity index (χ0) is 41.1. The van der Waals surface area contributed by atoms with E-state index in [-0.39, 0.29) is 24.0 Å². The summed E-state index contributed by atoms with van der Waals surface area (Å²) in [5, 5.41) is 30.1. The average Bonchev–Trinajstić information content (AvgIpc) is 4.06. The molecular formula is C44H37Cl2N12O2+. The van der Waals surface area contributed by atoms with Crippen LogP contribution >= 0.6 is 23.2 Å². The Bertz CT molecular complexity index is 3110. The molecule has 0 radical (unpaired) electrons. The smallest absolute Gasteiger partial charge is 0.357 e. The predicted octanol–water partition coefficient (Wildman–Crippen LogP) is 9.13. The van der Waals surface area contributed by atoms with Gasteiger partial charge in [-0.05, 0) is 98.9 Å². The van der Waals surface area contributed by atoms with Crippen molar-refractivity contribution in [2.24, 2.45) is 7.05 Å². The summed E-state index contributed by atoms with van der Waals surface area (Å²) in [7, 11) is 1.89. The summed E-state index contributed by atoms with van der Waals surface area (Å²) in [6.45, 7) is 4.28. The zero-order valence-corrected chi connectivity index (χ0v) is 34.5. The molecule has 0 aliphatic heterocycles. The van der Waals surface area contributed by atoms with Gasteiger partial charge in [-0.1, -0.05) is 28.0 Å². The fraction of sp³-hybridized carbons (Fsp3) is 0.273. The van der Waals surface area contributed by atoms with Crippen LogP contribution in [0.2, 0.25) is 10.3 Å². The molecule has 16 heteroatoms. The third-order valence-corrected chi connectivity index (χ3v) is 11.8. The molecule has 6 aromatic heterocycles. The van der Waals surface area contributed by atoms with E-state index in [9.17, 15) is 5.26 Å². The van der Waals surface area contributed by atoms with Crippen LogP contribution in [0.25, 0.3) is 38.0 Å². The van der Waals surface area contributed by atoms with Gasteiger partial charge in [-0.25, -0.2) is 19.3 Å². The van der Waals surface area contributed by atoms with E-state index in [1.807, 2.05) is 79.3 Å². The lowest BCUT2D eigenvalue weighted by Crippen LogP contribution is -2.18. The molecule has 2 aliphatic carbocycles. The van der Waals surface area contributed by atoms with Gasteiger partial charge in [-0.3, -0.25) is 4.68 Å². The number of rotatable bonds is 7. The molecule has 2 aliphatic rings. The minimum atomic E-state index is -0.280. The van der Waals surface area contributed by atoms with Crippen molar-refractivity contribution >= 4 is 45.0 Å². The first kappa shape index (κ1) is 37.5. The Morgan fingerprint density at radius 1 is 0.717 bits per heavy atom. The molecule has 0 saturated carbocycles. The van der Waals surface area contributed by atoms with E-state index in [1.54, 1.807) is 21.8 Å². The van der Waals surface area contributed by atoms with Crippen molar-refractivity contribution < 1.29 is 9.47 Å². The molecule has 0 amide bonds. The number of pyridine rings is 2. The fourth-order valence-electron chi connectivity index (χ4n) is 8.22. The van der Waals surface area contributed by atoms with Gasteiger partial charge >= 0.3 is 12.7 Å². The first-order valence-corrected chi connectivity index (χ1v) is 20.5. The maximum atomic E-state index is 9.44. The van der Waals surface area contributed by atoms with Crippen molar-refractivity contribution in [3.05, 3.63) is 133 Å². The molecule has 298 valence electrons. The molecule has 2 aromatic carbocycles. The number of fused-ring (bicyclic) bond motifs is 4. The normalized spacial score (nSPS) is 15.9. The molecule has 14 nitrogen and oxygen atoms in total. The predicted molar refractivity (Wildman–Crippen MR) is 226 cm³/mol. The first-order chi connectivity index (χ1) is 29.2. The molecule has 0 N–H and O–H groups in total. The number of benzene rings is 2. The Labute approximate surface area is 354 Å². The summed E-state index contributed by atoms with van der Waals surface area (Å²) in [4.78, 5) is 14.0. The molecule has 2 atom stereocenters. The zero-order valence-electron chi connectivity index (χ0n) is 33.0. The van der Waals surface area contributed by atoms with Crippen molar-refractivity contribution in [3.8, 4) is 35.0 Å². The number of halogens is 2. The van der Waals surface area contributed by atoms with E-state index in [4.69, 9.17) is 37.7 Å². The number of hydrogen-bond acceptors (Lipinski definition) is 9. The van der Waals surface area contributed by atoms with Crippen molar-refractivity contribution in [2.75, 3.05) is 0 Å². The van der Waals surface area contributed by atoms with Crippen LogP contribution in [0.3, 0.4) is 0 Å². The fourth-order valence-corrected chi connectivity index (χ4v) is 8.60. The maximum Gasteiger partial charge on any atom is 0.357 e. The number of nitriles is 1. The largest absolute Gasteiger partial charge is 0.484 e. The van der Waals surface area contributed by atoms with Crippen molar-refractivity contribution in [1.82, 2.24) is 49.1 Å². The van der Waals surface area contributed by atoms with E-state index in [2.05, 4.69) is 54.5 Å². The van der Waals surface area contributed by atoms with Gasteiger partial charge in [0, 0.05) is 30.0 Å². The third-order valence-electron chi connectivity index (χ3n) is 11.2. The Balaban J connectivity index is 0.852. The molecule has 10 rings (SSSR count). The monoisotopic (exact) mass is 835 g/mol. The van der Waals surface area contributed by atoms with Gasteiger partial charge in [0.05, 0.1) is 65.2 Å². The highest BCUT2D eigenvalue weighted by atomic mass is 35.5. The second-order valence-corrected chi connectivity index (χ2v) is 16.1. The van der Waals surface area contributed by atoms with E-state index in [1.165, 1.54) is 0 Å². The number of hydrogen-bond donors (Lipinski definition) is 0. The lowest BCUT2D eigenvalue weighted by atomic mass is 9.92. The van der Waals surface area contributed by atoms with Gasteiger partial charge in [0.25, 0.3) is 0 Å². The molecule has 0 saturated heterocycles. The van der Waals surface area contributed by atoms with Gasteiger partial charge in [0.1, 0.15) is 51.9 Å². The Hall–Kier alpha value is -6.74. The van der Waals surface area contributed by atoms with Crippen LogP contribution in [-0.2, 0) is 26.6 Å². The summed E-state index contributed by atoms with van der Waals surface area (Å²) >= 11 is 13.1. The summed E-state index contributed by atoms with van der Waals surface area (Å²) in [5.74, 6) is 1.50. The van der Waals surface area contributed by atoms with E-state index < -0.39 is 0 Å². The summed E-state index contributed by atoms with van der Waals surface area (Å²) in [6, 6.07) is 17.3. The van der Waals surface area contributed by atoms with Crippen LogP contribution in [0.1, 0.15) is 82.7 Å². The molecular weight excluding hydrogens is 799 g/mol. The highest BCUT2D eigenvalue weighted by molar-refractivity contribution is 6.30. The van der Waals surface area contributed by atoms with Crippen molar-refractivity contribution in [1.29, 1.82) is 5.26 Å².